The topological polar surface area (TPSA) is 52.6 Å². The fourth-order valence-corrected chi connectivity index (χ4v) is 3.87. The molecule has 23 heavy (non-hydrogen) atoms. The van der Waals surface area contributed by atoms with Gasteiger partial charge in [0.05, 0.1) is 12.6 Å². The molecule has 0 aromatic heterocycles. The van der Waals surface area contributed by atoms with Gasteiger partial charge in [0, 0.05) is 12.5 Å². The maximum absolute atomic E-state index is 12.8. The number of nitrogens with one attached hydrogen (secondary N) is 1. The highest BCUT2D eigenvalue weighted by molar-refractivity contribution is 5.82. The summed E-state index contributed by atoms with van der Waals surface area (Å²) < 4.78 is 0. The number of aliphatic hydroxyl groups is 1. The van der Waals surface area contributed by atoms with Crippen LogP contribution in [-0.2, 0) is 4.79 Å². The van der Waals surface area contributed by atoms with Gasteiger partial charge in [-0.2, -0.15) is 0 Å². The number of amides is 1. The van der Waals surface area contributed by atoms with Crippen LogP contribution in [0.2, 0.25) is 0 Å². The van der Waals surface area contributed by atoms with Crippen molar-refractivity contribution in [3.8, 4) is 0 Å². The Labute approximate surface area is 138 Å². The molecule has 0 bridgehead atoms. The molecular weight excluding hydrogens is 288 g/mol. The van der Waals surface area contributed by atoms with Crippen LogP contribution in [0.4, 0.5) is 0 Å². The van der Waals surface area contributed by atoms with Gasteiger partial charge in [-0.1, -0.05) is 29.8 Å². The van der Waals surface area contributed by atoms with E-state index in [1.54, 1.807) is 0 Å². The van der Waals surface area contributed by atoms with Crippen LogP contribution in [-0.4, -0.2) is 42.1 Å². The molecule has 2 aliphatic rings. The molecule has 1 aliphatic carbocycles. The molecule has 1 saturated heterocycles. The first-order chi connectivity index (χ1) is 11.1. The summed E-state index contributed by atoms with van der Waals surface area (Å²) in [5.74, 6) is 0.412. The highest BCUT2D eigenvalue weighted by Crippen LogP contribution is 2.59. The average molecular weight is 316 g/mol. The Hall–Kier alpha value is -1.39. The van der Waals surface area contributed by atoms with E-state index < -0.39 is 6.10 Å². The van der Waals surface area contributed by atoms with Crippen molar-refractivity contribution in [2.24, 2.45) is 11.3 Å². The molecule has 4 nitrogen and oxygen atoms in total. The van der Waals surface area contributed by atoms with Gasteiger partial charge >= 0.3 is 0 Å². The summed E-state index contributed by atoms with van der Waals surface area (Å²) in [5, 5.41) is 13.8. The predicted octanol–water partition coefficient (Wildman–Crippen LogP) is 2.27. The van der Waals surface area contributed by atoms with E-state index in [1.165, 1.54) is 5.56 Å². The third-order valence-electron chi connectivity index (χ3n) is 5.64. The summed E-state index contributed by atoms with van der Waals surface area (Å²) in [4.78, 5) is 14.7. The smallest absolute Gasteiger partial charge is 0.226 e. The van der Waals surface area contributed by atoms with Crippen molar-refractivity contribution >= 4 is 5.91 Å². The van der Waals surface area contributed by atoms with E-state index in [0.717, 1.165) is 37.9 Å². The number of benzene rings is 1. The Balaban J connectivity index is 1.61. The number of nitrogens with zero attached hydrogens (tertiary/aromatic N) is 1. The van der Waals surface area contributed by atoms with Crippen molar-refractivity contribution in [2.45, 2.75) is 39.2 Å². The number of aryl methyl sites for hydroxylation is 1. The fourth-order valence-electron chi connectivity index (χ4n) is 3.87. The number of hydrogen-bond donors (Lipinski definition) is 2. The van der Waals surface area contributed by atoms with Crippen molar-refractivity contribution in [1.82, 2.24) is 10.2 Å². The molecule has 4 heteroatoms. The minimum atomic E-state index is -0.609. The van der Waals surface area contributed by atoms with Crippen LogP contribution in [0.5, 0.6) is 0 Å². The molecule has 3 rings (SSSR count). The van der Waals surface area contributed by atoms with Crippen LogP contribution in [0.15, 0.2) is 24.3 Å². The standard InChI is InChI=1S/C19H28N2O2/c1-3-21(13-17(22)15-6-4-14(2)5-7-15)18(23)16-12-19(16)8-10-20-11-9-19/h4-7,16-17,20,22H,3,8-13H2,1-2H3. The first-order valence-corrected chi connectivity index (χ1v) is 8.80. The van der Waals surface area contributed by atoms with Gasteiger partial charge in [0.25, 0.3) is 0 Å². The fraction of sp³-hybridized carbons (Fsp3) is 0.632. The van der Waals surface area contributed by atoms with Gasteiger partial charge in [0.15, 0.2) is 0 Å². The molecular formula is C19H28N2O2. The molecule has 2 fully saturated rings. The number of rotatable bonds is 5. The Morgan fingerprint density at radius 1 is 1.35 bits per heavy atom. The number of piperidine rings is 1. The highest BCUT2D eigenvalue weighted by atomic mass is 16.3. The number of carbonyl (C=O) groups excluding carboxylic acids is 1. The average Bonchev–Trinajstić information content (AvgIpc) is 3.26. The molecule has 126 valence electrons. The molecule has 1 aliphatic heterocycles. The Morgan fingerprint density at radius 3 is 2.61 bits per heavy atom. The van der Waals surface area contributed by atoms with Crippen molar-refractivity contribution in [3.63, 3.8) is 0 Å². The maximum Gasteiger partial charge on any atom is 0.226 e. The van der Waals surface area contributed by atoms with Crippen LogP contribution in [0.1, 0.15) is 43.4 Å². The maximum atomic E-state index is 12.8. The highest BCUT2D eigenvalue weighted by Gasteiger charge is 2.58. The van der Waals surface area contributed by atoms with Crippen LogP contribution in [0, 0.1) is 18.3 Å². The second-order valence-electron chi connectivity index (χ2n) is 7.17. The Kier molecular flexibility index (Phi) is 4.74. The molecule has 0 radical (unpaired) electrons. The lowest BCUT2D eigenvalue weighted by Gasteiger charge is -2.28. The van der Waals surface area contributed by atoms with Gasteiger partial charge < -0.3 is 15.3 Å². The van der Waals surface area contributed by atoms with E-state index in [2.05, 4.69) is 5.32 Å². The second-order valence-corrected chi connectivity index (χ2v) is 7.17. The molecule has 2 atom stereocenters. The molecule has 2 N–H and O–H groups in total. The minimum Gasteiger partial charge on any atom is -0.387 e. The van der Waals surface area contributed by atoms with Gasteiger partial charge in [-0.25, -0.2) is 0 Å². The summed E-state index contributed by atoms with van der Waals surface area (Å²) in [6.07, 6.45) is 2.65. The van der Waals surface area contributed by atoms with E-state index in [0.29, 0.717) is 13.1 Å². The minimum absolute atomic E-state index is 0.176. The first-order valence-electron chi connectivity index (χ1n) is 8.80. The number of carbonyl (C=O) groups is 1. The lowest BCUT2D eigenvalue weighted by atomic mass is 9.91. The van der Waals surface area contributed by atoms with Gasteiger partial charge in [0.2, 0.25) is 5.91 Å². The van der Waals surface area contributed by atoms with Crippen LogP contribution in [0.3, 0.4) is 0 Å². The van der Waals surface area contributed by atoms with E-state index in [9.17, 15) is 9.90 Å². The number of likely N-dealkylation sites (N-methyl/N-ethyl adjacent to an activating group) is 1. The largest absolute Gasteiger partial charge is 0.387 e. The van der Waals surface area contributed by atoms with Crippen molar-refractivity contribution in [3.05, 3.63) is 35.4 Å². The van der Waals surface area contributed by atoms with Crippen LogP contribution < -0.4 is 5.32 Å². The molecule has 1 heterocycles. The Bertz CT molecular complexity index is 549. The summed E-state index contributed by atoms with van der Waals surface area (Å²) in [6, 6.07) is 7.90. The summed E-state index contributed by atoms with van der Waals surface area (Å²) in [7, 11) is 0. The van der Waals surface area contributed by atoms with Gasteiger partial charge in [-0.15, -0.1) is 0 Å². The first kappa shape index (κ1) is 16.5. The lowest BCUT2D eigenvalue weighted by molar-refractivity contribution is -0.134. The summed E-state index contributed by atoms with van der Waals surface area (Å²) in [5.41, 5.74) is 2.31. The molecule has 1 amide bonds. The number of hydrogen-bond acceptors (Lipinski definition) is 3. The monoisotopic (exact) mass is 316 g/mol. The van der Waals surface area contributed by atoms with Crippen molar-refractivity contribution < 1.29 is 9.90 Å². The lowest BCUT2D eigenvalue weighted by Crippen LogP contribution is -2.38. The van der Waals surface area contributed by atoms with Crippen LogP contribution in [0.25, 0.3) is 0 Å². The van der Waals surface area contributed by atoms with Gasteiger partial charge in [-0.3, -0.25) is 4.79 Å². The quantitative estimate of drug-likeness (QED) is 0.876. The molecule has 1 spiro atoms. The second kappa shape index (κ2) is 6.62. The third-order valence-corrected chi connectivity index (χ3v) is 5.64. The van der Waals surface area contributed by atoms with E-state index >= 15 is 0 Å². The van der Waals surface area contributed by atoms with E-state index in [4.69, 9.17) is 0 Å². The zero-order valence-electron chi connectivity index (χ0n) is 14.2. The summed E-state index contributed by atoms with van der Waals surface area (Å²) in [6.45, 7) is 7.14. The summed E-state index contributed by atoms with van der Waals surface area (Å²) >= 11 is 0. The van der Waals surface area contributed by atoms with Crippen molar-refractivity contribution in [2.75, 3.05) is 26.2 Å². The van der Waals surface area contributed by atoms with E-state index in [-0.39, 0.29) is 17.2 Å². The molecule has 1 aromatic rings. The number of aliphatic hydroxyl groups excluding tert-OH is 1. The zero-order valence-corrected chi connectivity index (χ0v) is 14.2. The molecule has 1 saturated carbocycles. The molecule has 1 aromatic carbocycles. The van der Waals surface area contributed by atoms with Crippen LogP contribution >= 0.6 is 0 Å². The van der Waals surface area contributed by atoms with E-state index in [1.807, 2.05) is 43.0 Å². The predicted molar refractivity (Wildman–Crippen MR) is 91.0 cm³/mol. The zero-order chi connectivity index (χ0) is 16.4. The normalized spacial score (nSPS) is 23.5. The SMILES string of the molecule is CCN(CC(O)c1ccc(C)cc1)C(=O)C1CC12CCNCC2. The van der Waals surface area contributed by atoms with Gasteiger partial charge in [0.1, 0.15) is 0 Å². The third kappa shape index (κ3) is 3.43. The Morgan fingerprint density at radius 2 is 2.00 bits per heavy atom. The van der Waals surface area contributed by atoms with Crippen molar-refractivity contribution in [1.29, 1.82) is 0 Å². The van der Waals surface area contributed by atoms with Gasteiger partial charge in [-0.05, 0) is 57.2 Å². The molecule has 2 unspecified atom stereocenters.